The molecular weight excluding hydrogens is 409 g/mol. The van der Waals surface area contributed by atoms with Crippen molar-refractivity contribution in [2.24, 2.45) is 0 Å². The first kappa shape index (κ1) is 22.4. The highest BCUT2D eigenvalue weighted by Crippen LogP contribution is 2.16. The predicted octanol–water partition coefficient (Wildman–Crippen LogP) is 1.96. The third kappa shape index (κ3) is 6.64. The van der Waals surface area contributed by atoms with Gasteiger partial charge in [-0.2, -0.15) is 8.42 Å². The van der Waals surface area contributed by atoms with Crippen LogP contribution in [0.4, 0.5) is 4.39 Å². The first-order valence-corrected chi connectivity index (χ1v) is 11.6. The van der Waals surface area contributed by atoms with Gasteiger partial charge in [0, 0.05) is 24.9 Å². The summed E-state index contributed by atoms with van der Waals surface area (Å²) < 4.78 is 71.0. The van der Waals surface area contributed by atoms with E-state index in [0.717, 1.165) is 31.0 Å². The summed E-state index contributed by atoms with van der Waals surface area (Å²) in [6.45, 7) is 3.57. The second-order valence-corrected chi connectivity index (χ2v) is 9.84. The van der Waals surface area contributed by atoms with Crippen molar-refractivity contribution >= 4 is 20.0 Å². The summed E-state index contributed by atoms with van der Waals surface area (Å²) in [6.07, 6.45) is 1.18. The lowest BCUT2D eigenvalue weighted by Crippen LogP contribution is -2.48. The molecule has 2 aromatic carbocycles. The van der Waals surface area contributed by atoms with Crippen LogP contribution in [-0.4, -0.2) is 46.8 Å². The van der Waals surface area contributed by atoms with Crippen LogP contribution in [0.3, 0.4) is 0 Å². The number of hydrogen-bond donors (Lipinski definition) is 2. The van der Waals surface area contributed by atoms with Crippen molar-refractivity contribution in [2.45, 2.75) is 29.4 Å². The molecule has 0 aromatic heterocycles. The molecule has 0 amide bonds. The predicted molar refractivity (Wildman–Crippen MR) is 102 cm³/mol. The third-order valence-corrected chi connectivity index (χ3v) is 5.97. The van der Waals surface area contributed by atoms with E-state index in [-0.39, 0.29) is 22.5 Å². The number of nitrogens with one attached hydrogen (secondary N) is 1. The summed E-state index contributed by atoms with van der Waals surface area (Å²) in [6, 6.07) is 9.88. The first-order chi connectivity index (χ1) is 13.0. The summed E-state index contributed by atoms with van der Waals surface area (Å²) in [4.78, 5) is -0.0767. The summed E-state index contributed by atoms with van der Waals surface area (Å²) in [7, 11) is -7.38. The SMILES string of the molecule is CS(=O)(=O)c1ccc(COC2CNC2)c(F)c1.Cc1ccc(S(=O)(=O)O)cc1. The second-order valence-electron chi connectivity index (χ2n) is 6.40. The summed E-state index contributed by atoms with van der Waals surface area (Å²) in [5, 5.41) is 3.04. The molecule has 3 rings (SSSR count). The van der Waals surface area contributed by atoms with Gasteiger partial charge in [-0.05, 0) is 31.2 Å². The van der Waals surface area contributed by atoms with Gasteiger partial charge in [-0.3, -0.25) is 4.55 Å². The standard InChI is InChI=1S/C11H14FNO3S.C7H8O3S/c1-17(14,15)10-3-2-8(11(12)4-10)7-16-9-5-13-6-9;1-6-2-4-7(5-3-6)11(8,9)10/h2-4,9,13H,5-7H2,1H3;2-5H,1H3,(H,8,9,10). The fourth-order valence-electron chi connectivity index (χ4n) is 2.17. The zero-order chi connectivity index (χ0) is 20.9. The van der Waals surface area contributed by atoms with Gasteiger partial charge in [-0.1, -0.05) is 23.8 Å². The van der Waals surface area contributed by atoms with Gasteiger partial charge in [-0.25, -0.2) is 12.8 Å². The molecule has 0 spiro atoms. The maximum atomic E-state index is 13.6. The van der Waals surface area contributed by atoms with Crippen LogP contribution in [0.25, 0.3) is 0 Å². The minimum atomic E-state index is -4.02. The molecule has 154 valence electrons. The van der Waals surface area contributed by atoms with Crippen LogP contribution < -0.4 is 5.32 Å². The number of ether oxygens (including phenoxy) is 1. The molecule has 0 unspecified atom stereocenters. The van der Waals surface area contributed by atoms with E-state index in [1.54, 1.807) is 12.1 Å². The fraction of sp³-hybridized carbons (Fsp3) is 0.333. The van der Waals surface area contributed by atoms with E-state index in [0.29, 0.717) is 5.56 Å². The van der Waals surface area contributed by atoms with Crippen molar-refractivity contribution in [3.05, 3.63) is 59.4 Å². The van der Waals surface area contributed by atoms with E-state index in [1.807, 2.05) is 6.92 Å². The van der Waals surface area contributed by atoms with Crippen molar-refractivity contribution < 1.29 is 30.5 Å². The normalized spacial score (nSPS) is 14.7. The highest BCUT2D eigenvalue weighted by Gasteiger charge is 2.18. The van der Waals surface area contributed by atoms with Gasteiger partial charge < -0.3 is 10.1 Å². The molecule has 10 heteroatoms. The smallest absolute Gasteiger partial charge is 0.294 e. The number of benzene rings is 2. The highest BCUT2D eigenvalue weighted by molar-refractivity contribution is 7.90. The zero-order valence-corrected chi connectivity index (χ0v) is 17.1. The fourth-order valence-corrected chi connectivity index (χ4v) is 3.29. The van der Waals surface area contributed by atoms with Crippen LogP contribution in [0, 0.1) is 12.7 Å². The largest absolute Gasteiger partial charge is 0.371 e. The van der Waals surface area contributed by atoms with E-state index in [1.165, 1.54) is 24.3 Å². The molecule has 1 heterocycles. The Morgan fingerprint density at radius 2 is 1.64 bits per heavy atom. The molecule has 7 nitrogen and oxygen atoms in total. The first-order valence-electron chi connectivity index (χ1n) is 8.32. The average molecular weight is 432 g/mol. The maximum Gasteiger partial charge on any atom is 0.294 e. The van der Waals surface area contributed by atoms with Crippen LogP contribution in [0.15, 0.2) is 52.3 Å². The number of hydrogen-bond acceptors (Lipinski definition) is 6. The van der Waals surface area contributed by atoms with Gasteiger partial charge in [0.15, 0.2) is 9.84 Å². The van der Waals surface area contributed by atoms with Crippen molar-refractivity contribution in [2.75, 3.05) is 19.3 Å². The molecule has 0 aliphatic carbocycles. The van der Waals surface area contributed by atoms with E-state index >= 15 is 0 Å². The average Bonchev–Trinajstić information content (AvgIpc) is 2.54. The van der Waals surface area contributed by atoms with E-state index in [9.17, 15) is 21.2 Å². The molecule has 1 saturated heterocycles. The molecule has 1 fully saturated rings. The number of aryl methyl sites for hydroxylation is 1. The van der Waals surface area contributed by atoms with E-state index < -0.39 is 25.8 Å². The van der Waals surface area contributed by atoms with Crippen molar-refractivity contribution in [3.8, 4) is 0 Å². The molecular formula is C18H22FNO6S2. The number of sulfone groups is 1. The quantitative estimate of drug-likeness (QED) is 0.697. The summed E-state index contributed by atoms with van der Waals surface area (Å²) in [5.41, 5.74) is 1.33. The Morgan fingerprint density at radius 3 is 2.07 bits per heavy atom. The molecule has 0 bridgehead atoms. The Kier molecular flexibility index (Phi) is 7.29. The third-order valence-electron chi connectivity index (χ3n) is 3.99. The molecule has 0 radical (unpaired) electrons. The van der Waals surface area contributed by atoms with Gasteiger partial charge >= 0.3 is 0 Å². The Balaban J connectivity index is 0.000000221. The molecule has 1 aliphatic rings. The Morgan fingerprint density at radius 1 is 1.07 bits per heavy atom. The molecule has 1 aliphatic heterocycles. The van der Waals surface area contributed by atoms with Gasteiger partial charge in [0.2, 0.25) is 0 Å². The topological polar surface area (TPSA) is 110 Å². The molecule has 0 atom stereocenters. The van der Waals surface area contributed by atoms with Crippen LogP contribution in [0.1, 0.15) is 11.1 Å². The minimum absolute atomic E-state index is 0.0101. The van der Waals surface area contributed by atoms with Crippen LogP contribution >= 0.6 is 0 Å². The van der Waals surface area contributed by atoms with Crippen LogP contribution in [-0.2, 0) is 31.3 Å². The monoisotopic (exact) mass is 431 g/mol. The lowest BCUT2D eigenvalue weighted by molar-refractivity contribution is 0.00635. The minimum Gasteiger partial charge on any atom is -0.371 e. The Bertz CT molecular complexity index is 1020. The van der Waals surface area contributed by atoms with Crippen molar-refractivity contribution in [1.82, 2.24) is 5.32 Å². The van der Waals surface area contributed by atoms with Crippen molar-refractivity contribution in [1.29, 1.82) is 0 Å². The summed E-state index contributed by atoms with van der Waals surface area (Å²) >= 11 is 0. The van der Waals surface area contributed by atoms with Gasteiger partial charge in [0.1, 0.15) is 5.82 Å². The van der Waals surface area contributed by atoms with Gasteiger partial charge in [-0.15, -0.1) is 0 Å². The van der Waals surface area contributed by atoms with Gasteiger partial charge in [0.25, 0.3) is 10.1 Å². The Labute approximate surface area is 164 Å². The summed E-state index contributed by atoms with van der Waals surface area (Å²) in [5.74, 6) is -0.541. The van der Waals surface area contributed by atoms with Crippen LogP contribution in [0.5, 0.6) is 0 Å². The number of rotatable bonds is 5. The number of halogens is 1. The lowest BCUT2D eigenvalue weighted by Gasteiger charge is -2.27. The second kappa shape index (κ2) is 9.10. The molecule has 2 aromatic rings. The Hall–Kier alpha value is -1.85. The maximum absolute atomic E-state index is 13.6. The van der Waals surface area contributed by atoms with Crippen molar-refractivity contribution in [3.63, 3.8) is 0 Å². The van der Waals surface area contributed by atoms with E-state index in [2.05, 4.69) is 5.32 Å². The lowest BCUT2D eigenvalue weighted by atomic mass is 10.2. The molecule has 2 N–H and O–H groups in total. The van der Waals surface area contributed by atoms with Crippen LogP contribution in [0.2, 0.25) is 0 Å². The molecule has 0 saturated carbocycles. The highest BCUT2D eigenvalue weighted by atomic mass is 32.2. The van der Waals surface area contributed by atoms with E-state index in [4.69, 9.17) is 9.29 Å². The van der Waals surface area contributed by atoms with Gasteiger partial charge in [0.05, 0.1) is 22.5 Å². The zero-order valence-electron chi connectivity index (χ0n) is 15.4. The molecule has 28 heavy (non-hydrogen) atoms.